The number of hydrogen-bond acceptors (Lipinski definition) is 6. The van der Waals surface area contributed by atoms with Gasteiger partial charge in [-0.05, 0) is 54.8 Å². The lowest BCUT2D eigenvalue weighted by Gasteiger charge is -2.33. The first-order chi connectivity index (χ1) is 17.1. The Balaban J connectivity index is 2.39. The maximum absolute atomic E-state index is 13.6. The van der Waals surface area contributed by atoms with Crippen LogP contribution in [0.15, 0.2) is 48.5 Å². The van der Waals surface area contributed by atoms with Crippen molar-refractivity contribution >= 4 is 27.5 Å². The average Bonchev–Trinajstić information content (AvgIpc) is 2.87. The number of unbranched alkanes of at least 4 members (excludes halogenated alkanes) is 1. The van der Waals surface area contributed by atoms with Gasteiger partial charge in [0.15, 0.2) is 0 Å². The van der Waals surface area contributed by atoms with Gasteiger partial charge in [0.05, 0.1) is 26.2 Å². The normalized spacial score (nSPS) is 11.9. The van der Waals surface area contributed by atoms with Crippen LogP contribution in [0, 0.1) is 0 Å². The average molecular weight is 520 g/mol. The molecular formula is C26H37N3O6S. The summed E-state index contributed by atoms with van der Waals surface area (Å²) in [5.74, 6) is 0.492. The Kier molecular flexibility index (Phi) is 11.0. The molecule has 0 aliphatic rings. The lowest BCUT2D eigenvalue weighted by atomic mass is 10.1. The summed E-state index contributed by atoms with van der Waals surface area (Å²) in [7, 11) is -0.709. The van der Waals surface area contributed by atoms with Gasteiger partial charge in [0.2, 0.25) is 21.8 Å². The summed E-state index contributed by atoms with van der Waals surface area (Å²) in [6.45, 7) is 4.07. The number of nitrogens with one attached hydrogen (secondary N) is 1. The molecule has 2 rings (SSSR count). The molecule has 1 atom stereocenters. The van der Waals surface area contributed by atoms with E-state index >= 15 is 0 Å². The van der Waals surface area contributed by atoms with Crippen LogP contribution in [-0.2, 0) is 26.2 Å². The van der Waals surface area contributed by atoms with Gasteiger partial charge in [-0.25, -0.2) is 8.42 Å². The van der Waals surface area contributed by atoms with E-state index in [2.05, 4.69) is 5.32 Å². The number of nitrogens with zero attached hydrogens (tertiary/aromatic N) is 2. The zero-order valence-electron chi connectivity index (χ0n) is 21.7. The second-order valence-corrected chi connectivity index (χ2v) is 10.3. The number of carbonyl (C=O) groups is 2. The molecule has 0 saturated heterocycles. The van der Waals surface area contributed by atoms with Gasteiger partial charge in [-0.3, -0.25) is 13.9 Å². The van der Waals surface area contributed by atoms with E-state index in [9.17, 15) is 18.0 Å². The summed E-state index contributed by atoms with van der Waals surface area (Å²) >= 11 is 0. The Hall–Kier alpha value is -3.27. The van der Waals surface area contributed by atoms with Gasteiger partial charge >= 0.3 is 0 Å². The van der Waals surface area contributed by atoms with E-state index in [0.717, 1.165) is 29.0 Å². The predicted molar refractivity (Wildman–Crippen MR) is 141 cm³/mol. The van der Waals surface area contributed by atoms with Crippen molar-refractivity contribution in [2.24, 2.45) is 0 Å². The van der Waals surface area contributed by atoms with Gasteiger partial charge in [-0.15, -0.1) is 0 Å². The molecule has 0 unspecified atom stereocenters. The molecule has 0 aromatic heterocycles. The van der Waals surface area contributed by atoms with Crippen molar-refractivity contribution in [3.05, 3.63) is 54.1 Å². The molecule has 2 amide bonds. The highest BCUT2D eigenvalue weighted by molar-refractivity contribution is 7.92. The number of amides is 2. The van der Waals surface area contributed by atoms with Gasteiger partial charge in [0.1, 0.15) is 24.1 Å². The molecule has 0 bridgehead atoms. The van der Waals surface area contributed by atoms with E-state index in [4.69, 9.17) is 9.47 Å². The lowest BCUT2D eigenvalue weighted by molar-refractivity contribution is -0.140. The maximum atomic E-state index is 13.6. The standard InChI is InChI=1S/C26H37N3O6S/c1-6-8-17-27-26(31)24(7-2)28(18-20-9-13-22(34-3)14-10-20)25(30)19-29(36(5,32)33)21-11-15-23(35-4)16-12-21/h9-16,24H,6-8,17-19H2,1-5H3,(H,27,31)/t24-/m1/s1. The van der Waals surface area contributed by atoms with Gasteiger partial charge in [0.25, 0.3) is 0 Å². The highest BCUT2D eigenvalue weighted by Crippen LogP contribution is 2.23. The molecule has 198 valence electrons. The van der Waals surface area contributed by atoms with Crippen LogP contribution in [0.1, 0.15) is 38.7 Å². The van der Waals surface area contributed by atoms with Crippen LogP contribution in [0.3, 0.4) is 0 Å². The Morgan fingerprint density at radius 1 is 0.944 bits per heavy atom. The van der Waals surface area contributed by atoms with Gasteiger partial charge < -0.3 is 19.7 Å². The molecule has 0 fully saturated rings. The quantitative estimate of drug-likeness (QED) is 0.385. The van der Waals surface area contributed by atoms with Gasteiger partial charge in [0, 0.05) is 13.1 Å². The summed E-state index contributed by atoms with van der Waals surface area (Å²) in [4.78, 5) is 28.1. The summed E-state index contributed by atoms with van der Waals surface area (Å²) < 4.78 is 36.7. The van der Waals surface area contributed by atoms with Crippen LogP contribution in [-0.4, -0.2) is 64.7 Å². The minimum atomic E-state index is -3.79. The van der Waals surface area contributed by atoms with E-state index in [1.807, 2.05) is 26.0 Å². The highest BCUT2D eigenvalue weighted by atomic mass is 32.2. The molecule has 2 aromatic rings. The third-order valence-corrected chi connectivity index (χ3v) is 6.91. The van der Waals surface area contributed by atoms with Crippen LogP contribution in [0.25, 0.3) is 0 Å². The number of carbonyl (C=O) groups excluding carboxylic acids is 2. The Bertz CT molecular complexity index is 1090. The van der Waals surface area contributed by atoms with Crippen molar-refractivity contribution in [2.75, 3.05) is 37.9 Å². The first-order valence-electron chi connectivity index (χ1n) is 12.0. The monoisotopic (exact) mass is 519 g/mol. The largest absolute Gasteiger partial charge is 0.497 e. The molecule has 10 heteroatoms. The maximum Gasteiger partial charge on any atom is 0.244 e. The van der Waals surface area contributed by atoms with Crippen molar-refractivity contribution in [3.63, 3.8) is 0 Å². The summed E-state index contributed by atoms with van der Waals surface area (Å²) in [5.41, 5.74) is 1.12. The third kappa shape index (κ3) is 8.15. The number of ether oxygens (including phenoxy) is 2. The highest BCUT2D eigenvalue weighted by Gasteiger charge is 2.31. The number of hydrogen-bond donors (Lipinski definition) is 1. The Morgan fingerprint density at radius 2 is 1.50 bits per heavy atom. The van der Waals surface area contributed by atoms with Crippen LogP contribution in [0.2, 0.25) is 0 Å². The van der Waals surface area contributed by atoms with E-state index in [1.54, 1.807) is 43.5 Å². The van der Waals surface area contributed by atoms with E-state index in [-0.39, 0.29) is 12.5 Å². The van der Waals surface area contributed by atoms with Gasteiger partial charge in [-0.2, -0.15) is 0 Å². The summed E-state index contributed by atoms with van der Waals surface area (Å²) in [6.07, 6.45) is 3.18. The number of anilines is 1. The first kappa shape index (κ1) is 29.0. The molecule has 0 radical (unpaired) electrons. The lowest BCUT2D eigenvalue weighted by Crippen LogP contribution is -2.52. The predicted octanol–water partition coefficient (Wildman–Crippen LogP) is 3.19. The van der Waals surface area contributed by atoms with Crippen molar-refractivity contribution in [1.82, 2.24) is 10.2 Å². The number of methoxy groups -OCH3 is 2. The van der Waals surface area contributed by atoms with Crippen molar-refractivity contribution in [3.8, 4) is 11.5 Å². The molecule has 0 aliphatic heterocycles. The van der Waals surface area contributed by atoms with Crippen LogP contribution in [0.4, 0.5) is 5.69 Å². The number of benzene rings is 2. The molecule has 0 heterocycles. The molecule has 0 saturated carbocycles. The zero-order chi connectivity index (χ0) is 26.7. The SMILES string of the molecule is CCCCNC(=O)[C@@H](CC)N(Cc1ccc(OC)cc1)C(=O)CN(c1ccc(OC)cc1)S(C)(=O)=O. The van der Waals surface area contributed by atoms with Crippen LogP contribution in [0.5, 0.6) is 11.5 Å². The number of rotatable bonds is 14. The van der Waals surface area contributed by atoms with Crippen LogP contribution < -0.4 is 19.1 Å². The molecule has 36 heavy (non-hydrogen) atoms. The molecule has 0 aliphatic carbocycles. The third-order valence-electron chi connectivity index (χ3n) is 5.77. The minimum absolute atomic E-state index is 0.142. The Morgan fingerprint density at radius 3 is 1.97 bits per heavy atom. The molecule has 9 nitrogen and oxygen atoms in total. The molecule has 0 spiro atoms. The van der Waals surface area contributed by atoms with Crippen LogP contribution >= 0.6 is 0 Å². The van der Waals surface area contributed by atoms with Crippen molar-refractivity contribution in [2.45, 2.75) is 45.7 Å². The second kappa shape index (κ2) is 13.7. The topological polar surface area (TPSA) is 105 Å². The summed E-state index contributed by atoms with van der Waals surface area (Å²) in [6, 6.07) is 12.9. The number of sulfonamides is 1. The minimum Gasteiger partial charge on any atom is -0.497 e. The fourth-order valence-electron chi connectivity index (χ4n) is 3.72. The first-order valence-corrected chi connectivity index (χ1v) is 13.8. The second-order valence-electron chi connectivity index (χ2n) is 8.41. The Labute approximate surface area is 214 Å². The fraction of sp³-hybridized carbons (Fsp3) is 0.462. The molecule has 1 N–H and O–H groups in total. The smallest absolute Gasteiger partial charge is 0.244 e. The summed E-state index contributed by atoms with van der Waals surface area (Å²) in [5, 5.41) is 2.90. The van der Waals surface area contributed by atoms with Crippen molar-refractivity contribution in [1.29, 1.82) is 0 Å². The van der Waals surface area contributed by atoms with E-state index in [0.29, 0.717) is 30.2 Å². The molecule has 2 aromatic carbocycles. The fourth-order valence-corrected chi connectivity index (χ4v) is 4.57. The van der Waals surface area contributed by atoms with E-state index < -0.39 is 28.5 Å². The zero-order valence-corrected chi connectivity index (χ0v) is 22.5. The van der Waals surface area contributed by atoms with Crippen molar-refractivity contribution < 1.29 is 27.5 Å². The van der Waals surface area contributed by atoms with Gasteiger partial charge in [-0.1, -0.05) is 32.4 Å². The van der Waals surface area contributed by atoms with E-state index in [1.165, 1.54) is 12.0 Å². The molecular weight excluding hydrogens is 482 g/mol.